The van der Waals surface area contributed by atoms with Gasteiger partial charge in [-0.1, -0.05) is 25.1 Å². The fraction of sp³-hybridized carbons (Fsp3) is 0.647. The van der Waals surface area contributed by atoms with Crippen LogP contribution in [-0.2, 0) is 16.0 Å². The van der Waals surface area contributed by atoms with Crippen LogP contribution in [0.2, 0.25) is 0 Å². The van der Waals surface area contributed by atoms with E-state index in [-0.39, 0.29) is 0 Å². The summed E-state index contributed by atoms with van der Waals surface area (Å²) in [4.78, 5) is 2.46. The third-order valence-corrected chi connectivity index (χ3v) is 3.99. The van der Waals surface area contributed by atoms with Gasteiger partial charge in [-0.25, -0.2) is 0 Å². The number of nitrogens with one attached hydrogen (secondary N) is 1. The van der Waals surface area contributed by atoms with Crippen LogP contribution in [0.4, 0.5) is 5.69 Å². The second-order valence-electron chi connectivity index (χ2n) is 5.52. The summed E-state index contributed by atoms with van der Waals surface area (Å²) in [6.07, 6.45) is 2.12. The second kappa shape index (κ2) is 9.03. The Bertz CT molecular complexity index is 412. The lowest BCUT2D eigenvalue weighted by atomic mass is 10.1. The van der Waals surface area contributed by atoms with Crippen LogP contribution in [0.1, 0.15) is 25.3 Å². The van der Waals surface area contributed by atoms with Crippen LogP contribution in [-0.4, -0.2) is 46.1 Å². The highest BCUT2D eigenvalue weighted by Crippen LogP contribution is 2.23. The monoisotopic (exact) mass is 292 g/mol. The van der Waals surface area contributed by atoms with E-state index in [4.69, 9.17) is 9.47 Å². The van der Waals surface area contributed by atoms with Gasteiger partial charge in [0.05, 0.1) is 6.61 Å². The van der Waals surface area contributed by atoms with E-state index in [1.165, 1.54) is 11.3 Å². The van der Waals surface area contributed by atoms with Crippen LogP contribution >= 0.6 is 0 Å². The summed E-state index contributed by atoms with van der Waals surface area (Å²) >= 11 is 0. The fourth-order valence-corrected chi connectivity index (χ4v) is 2.72. The fourth-order valence-electron chi connectivity index (χ4n) is 2.72. The molecule has 1 aromatic carbocycles. The Balaban J connectivity index is 1.89. The largest absolute Gasteiger partial charge is 0.385 e. The number of ether oxygens (including phenoxy) is 2. The molecule has 1 aliphatic heterocycles. The molecule has 0 saturated heterocycles. The Kier molecular flexibility index (Phi) is 7.00. The SMILES string of the molecule is CCC1CN(CCOCCCOC)c2ccccc2CN1. The first-order valence-electron chi connectivity index (χ1n) is 7.98. The maximum Gasteiger partial charge on any atom is 0.0641 e. The minimum atomic E-state index is 0.547. The lowest BCUT2D eigenvalue weighted by Gasteiger charge is -2.27. The molecule has 0 aliphatic carbocycles. The average molecular weight is 292 g/mol. The van der Waals surface area contributed by atoms with Gasteiger partial charge in [-0.15, -0.1) is 0 Å². The zero-order valence-corrected chi connectivity index (χ0v) is 13.3. The molecule has 1 aliphatic rings. The van der Waals surface area contributed by atoms with E-state index in [0.717, 1.165) is 52.3 Å². The van der Waals surface area contributed by atoms with Crippen LogP contribution in [0, 0.1) is 0 Å². The Hall–Kier alpha value is -1.10. The van der Waals surface area contributed by atoms with Gasteiger partial charge < -0.3 is 19.7 Å². The number of hydrogen-bond acceptors (Lipinski definition) is 4. The summed E-state index contributed by atoms with van der Waals surface area (Å²) in [5, 5.41) is 3.64. The number of fused-ring (bicyclic) bond motifs is 1. The second-order valence-corrected chi connectivity index (χ2v) is 5.52. The molecule has 1 unspecified atom stereocenters. The zero-order valence-electron chi connectivity index (χ0n) is 13.3. The maximum atomic E-state index is 5.72. The van der Waals surface area contributed by atoms with Gasteiger partial charge in [0.15, 0.2) is 0 Å². The van der Waals surface area contributed by atoms with Gasteiger partial charge in [-0.3, -0.25) is 0 Å². The van der Waals surface area contributed by atoms with Crippen LogP contribution in [0.5, 0.6) is 0 Å². The highest BCUT2D eigenvalue weighted by Gasteiger charge is 2.19. The summed E-state index contributed by atoms with van der Waals surface area (Å²) in [5.41, 5.74) is 2.73. The molecule has 0 saturated carbocycles. The van der Waals surface area contributed by atoms with E-state index in [0.29, 0.717) is 6.04 Å². The van der Waals surface area contributed by atoms with Crippen molar-refractivity contribution in [1.29, 1.82) is 0 Å². The molecule has 0 bridgehead atoms. The van der Waals surface area contributed by atoms with Crippen molar-refractivity contribution in [2.24, 2.45) is 0 Å². The topological polar surface area (TPSA) is 33.7 Å². The Morgan fingerprint density at radius 1 is 1.24 bits per heavy atom. The molecule has 2 rings (SSSR count). The first kappa shape index (κ1) is 16.3. The number of anilines is 1. The molecule has 21 heavy (non-hydrogen) atoms. The number of rotatable bonds is 8. The highest BCUT2D eigenvalue weighted by atomic mass is 16.5. The first-order valence-corrected chi connectivity index (χ1v) is 7.98. The molecule has 1 N–H and O–H groups in total. The van der Waals surface area contributed by atoms with E-state index in [9.17, 15) is 0 Å². The number of benzene rings is 1. The van der Waals surface area contributed by atoms with Gasteiger partial charge >= 0.3 is 0 Å². The molecule has 0 spiro atoms. The molecular weight excluding hydrogens is 264 g/mol. The molecule has 0 radical (unpaired) electrons. The minimum Gasteiger partial charge on any atom is -0.385 e. The van der Waals surface area contributed by atoms with Crippen LogP contribution < -0.4 is 10.2 Å². The quantitative estimate of drug-likeness (QED) is 0.746. The highest BCUT2D eigenvalue weighted by molar-refractivity contribution is 5.54. The Morgan fingerprint density at radius 2 is 2.10 bits per heavy atom. The van der Waals surface area contributed by atoms with Crippen LogP contribution in [0.15, 0.2) is 24.3 Å². The molecule has 118 valence electrons. The van der Waals surface area contributed by atoms with Crippen molar-refractivity contribution in [3.63, 3.8) is 0 Å². The predicted molar refractivity (Wildman–Crippen MR) is 86.9 cm³/mol. The molecule has 0 fully saturated rings. The van der Waals surface area contributed by atoms with Crippen LogP contribution in [0.25, 0.3) is 0 Å². The van der Waals surface area contributed by atoms with Gasteiger partial charge in [-0.05, 0) is 24.5 Å². The Morgan fingerprint density at radius 3 is 2.90 bits per heavy atom. The summed E-state index contributed by atoms with van der Waals surface area (Å²) in [6.45, 7) is 7.52. The van der Waals surface area contributed by atoms with Gasteiger partial charge in [0.1, 0.15) is 0 Å². The Labute approximate surface area is 128 Å². The summed E-state index contributed by atoms with van der Waals surface area (Å²) in [6, 6.07) is 9.22. The van der Waals surface area contributed by atoms with Gasteiger partial charge in [0.25, 0.3) is 0 Å². The molecule has 1 atom stereocenters. The van der Waals surface area contributed by atoms with Crippen molar-refractivity contribution >= 4 is 5.69 Å². The van der Waals surface area contributed by atoms with Gasteiger partial charge in [-0.2, -0.15) is 0 Å². The third kappa shape index (κ3) is 4.99. The summed E-state index contributed by atoms with van der Waals surface area (Å²) in [5.74, 6) is 0. The van der Waals surface area contributed by atoms with Crippen molar-refractivity contribution in [2.75, 3.05) is 44.9 Å². The van der Waals surface area contributed by atoms with E-state index in [1.54, 1.807) is 7.11 Å². The molecule has 0 amide bonds. The van der Waals surface area contributed by atoms with Gasteiger partial charge in [0, 0.05) is 51.7 Å². The summed E-state index contributed by atoms with van der Waals surface area (Å²) < 4.78 is 10.8. The predicted octanol–water partition coefficient (Wildman–Crippen LogP) is 2.43. The van der Waals surface area contributed by atoms with E-state index in [1.807, 2.05) is 0 Å². The molecule has 0 aromatic heterocycles. The standard InChI is InChI=1S/C17H28N2O2/c1-3-16-14-19(9-12-21-11-6-10-20-2)17-8-5-4-7-15(17)13-18-16/h4-5,7-8,16,18H,3,6,9-14H2,1-2H3. The average Bonchev–Trinajstić information content (AvgIpc) is 2.70. The number of methoxy groups -OCH3 is 1. The molecule has 4 nitrogen and oxygen atoms in total. The number of hydrogen-bond donors (Lipinski definition) is 1. The van der Waals surface area contributed by atoms with Crippen LogP contribution in [0.3, 0.4) is 0 Å². The number of nitrogens with zero attached hydrogens (tertiary/aromatic N) is 1. The van der Waals surface area contributed by atoms with Crippen molar-refractivity contribution in [3.05, 3.63) is 29.8 Å². The van der Waals surface area contributed by atoms with Gasteiger partial charge in [0.2, 0.25) is 0 Å². The van der Waals surface area contributed by atoms with Crippen molar-refractivity contribution in [3.8, 4) is 0 Å². The maximum absolute atomic E-state index is 5.72. The van der Waals surface area contributed by atoms with E-state index < -0.39 is 0 Å². The molecule has 4 heteroatoms. The summed E-state index contributed by atoms with van der Waals surface area (Å²) in [7, 11) is 1.73. The minimum absolute atomic E-state index is 0.547. The first-order chi connectivity index (χ1) is 10.3. The third-order valence-electron chi connectivity index (χ3n) is 3.99. The number of para-hydroxylation sites is 1. The van der Waals surface area contributed by atoms with Crippen molar-refractivity contribution in [2.45, 2.75) is 32.4 Å². The lowest BCUT2D eigenvalue weighted by molar-refractivity contribution is 0.107. The van der Waals surface area contributed by atoms with E-state index >= 15 is 0 Å². The molecular formula is C17H28N2O2. The molecule has 1 aromatic rings. The molecule has 1 heterocycles. The zero-order chi connectivity index (χ0) is 14.9. The normalized spacial score (nSPS) is 18.4. The lowest BCUT2D eigenvalue weighted by Crippen LogP contribution is -2.39. The van der Waals surface area contributed by atoms with E-state index in [2.05, 4.69) is 41.4 Å². The van der Waals surface area contributed by atoms with Crippen molar-refractivity contribution < 1.29 is 9.47 Å². The van der Waals surface area contributed by atoms with Crippen molar-refractivity contribution in [1.82, 2.24) is 5.32 Å². The smallest absolute Gasteiger partial charge is 0.0641 e.